The van der Waals surface area contributed by atoms with Gasteiger partial charge in [0.25, 0.3) is 5.91 Å². The van der Waals surface area contributed by atoms with Gasteiger partial charge in [0.05, 0.1) is 10.6 Å². The van der Waals surface area contributed by atoms with Gasteiger partial charge in [-0.2, -0.15) is 0 Å². The number of rotatable bonds is 3. The Labute approximate surface area is 152 Å². The summed E-state index contributed by atoms with van der Waals surface area (Å²) < 4.78 is 5.45. The zero-order chi connectivity index (χ0) is 18.0. The van der Waals surface area contributed by atoms with Crippen LogP contribution in [-0.4, -0.2) is 22.1 Å². The molecule has 0 saturated heterocycles. The van der Waals surface area contributed by atoms with E-state index in [1.165, 1.54) is 12.1 Å². The maximum Gasteiger partial charge on any atom is 0.337 e. The number of carboxylic acid groups (broad SMARTS) is 1. The lowest BCUT2D eigenvalue weighted by molar-refractivity contribution is 0.0697. The maximum atomic E-state index is 12.2. The summed E-state index contributed by atoms with van der Waals surface area (Å²) in [6.45, 7) is 0. The summed E-state index contributed by atoms with van der Waals surface area (Å²) >= 11 is 10.9. The molecule has 1 amide bonds. The quantitative estimate of drug-likeness (QED) is 0.602. The van der Waals surface area contributed by atoms with E-state index >= 15 is 0 Å². The predicted octanol–water partition coefficient (Wildman–Crippen LogP) is 3.91. The van der Waals surface area contributed by atoms with Crippen LogP contribution in [0.5, 0.6) is 0 Å². The highest BCUT2D eigenvalue weighted by Gasteiger charge is 2.14. The second-order valence-electron chi connectivity index (χ2n) is 5.06. The molecule has 25 heavy (non-hydrogen) atoms. The largest absolute Gasteiger partial charge is 0.478 e. The Morgan fingerprint density at radius 3 is 2.60 bits per heavy atom. The minimum absolute atomic E-state index is 0.00381. The molecule has 2 aromatic carbocycles. The van der Waals surface area contributed by atoms with E-state index in [2.05, 4.69) is 10.6 Å². The second kappa shape index (κ2) is 6.92. The van der Waals surface area contributed by atoms with E-state index in [0.717, 1.165) is 5.39 Å². The molecule has 8 heteroatoms. The standard InChI is InChI=1S/C17H11ClN2O4S/c18-12-6-5-10(8-11(12)16(22)23)19-17(25)20-15(21)14-7-9-3-1-2-4-13(9)24-14/h1-8H,(H,22,23)(H2,19,20,21,25). The Balaban J connectivity index is 1.71. The first-order chi connectivity index (χ1) is 11.9. The highest BCUT2D eigenvalue weighted by molar-refractivity contribution is 7.80. The topological polar surface area (TPSA) is 91.6 Å². The molecule has 0 aliphatic rings. The number of fused-ring (bicyclic) bond motifs is 1. The van der Waals surface area contributed by atoms with Crippen molar-refractivity contribution >= 4 is 57.5 Å². The van der Waals surface area contributed by atoms with Gasteiger partial charge < -0.3 is 14.8 Å². The van der Waals surface area contributed by atoms with Crippen molar-refractivity contribution < 1.29 is 19.1 Å². The van der Waals surface area contributed by atoms with Crippen molar-refractivity contribution in [1.82, 2.24) is 5.32 Å². The highest BCUT2D eigenvalue weighted by Crippen LogP contribution is 2.21. The number of amides is 1. The van der Waals surface area contributed by atoms with E-state index < -0.39 is 11.9 Å². The summed E-state index contributed by atoms with van der Waals surface area (Å²) in [5.74, 6) is -1.56. The van der Waals surface area contributed by atoms with Crippen LogP contribution < -0.4 is 10.6 Å². The Kier molecular flexibility index (Phi) is 4.69. The fraction of sp³-hybridized carbons (Fsp3) is 0. The van der Waals surface area contributed by atoms with Crippen molar-refractivity contribution in [3.8, 4) is 0 Å². The molecular formula is C17H11ClN2O4S. The van der Waals surface area contributed by atoms with Gasteiger partial charge in [-0.25, -0.2) is 4.79 Å². The lowest BCUT2D eigenvalue weighted by atomic mass is 10.2. The minimum Gasteiger partial charge on any atom is -0.478 e. The van der Waals surface area contributed by atoms with E-state index in [0.29, 0.717) is 11.3 Å². The third-order valence-corrected chi connectivity index (χ3v) is 3.86. The van der Waals surface area contributed by atoms with Crippen LogP contribution in [0.25, 0.3) is 11.0 Å². The van der Waals surface area contributed by atoms with Gasteiger partial charge in [-0.3, -0.25) is 10.1 Å². The minimum atomic E-state index is -1.16. The van der Waals surface area contributed by atoms with Crippen LogP contribution in [0.15, 0.2) is 52.9 Å². The first kappa shape index (κ1) is 16.9. The Bertz CT molecular complexity index is 966. The number of thiocarbonyl (C=S) groups is 1. The van der Waals surface area contributed by atoms with Crippen molar-refractivity contribution in [1.29, 1.82) is 0 Å². The van der Waals surface area contributed by atoms with Gasteiger partial charge in [-0.1, -0.05) is 29.8 Å². The average molecular weight is 375 g/mol. The molecule has 1 heterocycles. The molecule has 6 nitrogen and oxygen atoms in total. The summed E-state index contributed by atoms with van der Waals surface area (Å²) in [6, 6.07) is 13.1. The summed E-state index contributed by atoms with van der Waals surface area (Å²) in [7, 11) is 0. The van der Waals surface area contributed by atoms with Crippen molar-refractivity contribution in [3.05, 3.63) is 64.9 Å². The number of aromatic carboxylic acids is 1. The van der Waals surface area contributed by atoms with Gasteiger partial charge in [-0.15, -0.1) is 0 Å². The van der Waals surface area contributed by atoms with Gasteiger partial charge in [0.1, 0.15) is 5.58 Å². The van der Waals surface area contributed by atoms with Crippen molar-refractivity contribution in [3.63, 3.8) is 0 Å². The maximum absolute atomic E-state index is 12.2. The average Bonchev–Trinajstić information content (AvgIpc) is 3.00. The summed E-state index contributed by atoms with van der Waals surface area (Å²) in [4.78, 5) is 23.3. The first-order valence-corrected chi connectivity index (χ1v) is 7.86. The Morgan fingerprint density at radius 2 is 1.88 bits per heavy atom. The highest BCUT2D eigenvalue weighted by atomic mass is 35.5. The molecule has 0 atom stereocenters. The molecule has 0 saturated carbocycles. The normalized spacial score (nSPS) is 10.4. The number of carboxylic acids is 1. The van der Waals surface area contributed by atoms with Gasteiger partial charge in [0.2, 0.25) is 0 Å². The third kappa shape index (κ3) is 3.78. The number of furan rings is 1. The predicted molar refractivity (Wildman–Crippen MR) is 98.3 cm³/mol. The molecule has 0 aliphatic heterocycles. The molecule has 3 N–H and O–H groups in total. The number of anilines is 1. The number of hydrogen-bond donors (Lipinski definition) is 3. The van der Waals surface area contributed by atoms with Crippen LogP contribution >= 0.6 is 23.8 Å². The number of para-hydroxylation sites is 1. The van der Waals surface area contributed by atoms with Gasteiger partial charge in [0.15, 0.2) is 10.9 Å². The lowest BCUT2D eigenvalue weighted by Gasteiger charge is -2.09. The van der Waals surface area contributed by atoms with Crippen molar-refractivity contribution in [2.24, 2.45) is 0 Å². The lowest BCUT2D eigenvalue weighted by Crippen LogP contribution is -2.33. The molecule has 3 aromatic rings. The van der Waals surface area contributed by atoms with E-state index in [1.54, 1.807) is 24.3 Å². The number of nitrogens with one attached hydrogen (secondary N) is 2. The molecule has 0 spiro atoms. The molecule has 0 radical (unpaired) electrons. The summed E-state index contributed by atoms with van der Waals surface area (Å²) in [6.07, 6.45) is 0. The molecule has 0 aliphatic carbocycles. The molecule has 0 fully saturated rings. The number of carbonyl (C=O) groups excluding carboxylic acids is 1. The number of benzene rings is 2. The second-order valence-corrected chi connectivity index (χ2v) is 5.87. The smallest absolute Gasteiger partial charge is 0.337 e. The molecular weight excluding hydrogens is 364 g/mol. The van der Waals surface area contributed by atoms with Crippen molar-refractivity contribution in [2.75, 3.05) is 5.32 Å². The zero-order valence-electron chi connectivity index (χ0n) is 12.6. The van der Waals surface area contributed by atoms with E-state index in [9.17, 15) is 9.59 Å². The van der Waals surface area contributed by atoms with E-state index in [4.69, 9.17) is 33.3 Å². The third-order valence-electron chi connectivity index (χ3n) is 3.33. The zero-order valence-corrected chi connectivity index (χ0v) is 14.1. The van der Waals surface area contributed by atoms with E-state index in [-0.39, 0.29) is 21.5 Å². The number of halogens is 1. The van der Waals surface area contributed by atoms with Crippen LogP contribution in [-0.2, 0) is 0 Å². The molecule has 0 bridgehead atoms. The Hall–Kier alpha value is -2.90. The Morgan fingerprint density at radius 1 is 1.12 bits per heavy atom. The fourth-order valence-corrected chi connectivity index (χ4v) is 2.60. The van der Waals surface area contributed by atoms with Gasteiger partial charge in [-0.05, 0) is 42.5 Å². The van der Waals surface area contributed by atoms with Gasteiger partial charge >= 0.3 is 5.97 Å². The fourth-order valence-electron chi connectivity index (χ4n) is 2.19. The van der Waals surface area contributed by atoms with Crippen LogP contribution in [0.2, 0.25) is 5.02 Å². The SMILES string of the molecule is O=C(NC(=S)Nc1ccc(Cl)c(C(=O)O)c1)c1cc2ccccc2o1. The van der Waals surface area contributed by atoms with E-state index in [1.807, 2.05) is 12.1 Å². The van der Waals surface area contributed by atoms with Crippen LogP contribution in [0.3, 0.4) is 0 Å². The molecule has 0 unspecified atom stereocenters. The van der Waals surface area contributed by atoms with Crippen LogP contribution in [0, 0.1) is 0 Å². The summed E-state index contributed by atoms with van der Waals surface area (Å²) in [5, 5.41) is 15.2. The number of hydrogen-bond acceptors (Lipinski definition) is 4. The molecule has 3 rings (SSSR count). The van der Waals surface area contributed by atoms with Crippen molar-refractivity contribution in [2.45, 2.75) is 0 Å². The van der Waals surface area contributed by atoms with Crippen LogP contribution in [0.4, 0.5) is 5.69 Å². The monoisotopic (exact) mass is 374 g/mol. The first-order valence-electron chi connectivity index (χ1n) is 7.08. The number of carbonyl (C=O) groups is 2. The summed E-state index contributed by atoms with van der Waals surface area (Å²) in [5.41, 5.74) is 0.908. The van der Waals surface area contributed by atoms with Crippen LogP contribution in [0.1, 0.15) is 20.9 Å². The molecule has 126 valence electrons. The molecule has 1 aromatic heterocycles. The van der Waals surface area contributed by atoms with Gasteiger partial charge in [0, 0.05) is 11.1 Å².